The molecule has 0 bridgehead atoms. The third-order valence-electron chi connectivity index (χ3n) is 2.96. The molecule has 0 saturated carbocycles. The van der Waals surface area contributed by atoms with Gasteiger partial charge < -0.3 is 10.1 Å². The van der Waals surface area contributed by atoms with Crippen LogP contribution in [0.4, 0.5) is 0 Å². The van der Waals surface area contributed by atoms with Crippen molar-refractivity contribution in [1.29, 1.82) is 0 Å². The van der Waals surface area contributed by atoms with Crippen LogP contribution in [-0.2, 0) is 0 Å². The Morgan fingerprint density at radius 3 is 3.18 bits per heavy atom. The minimum atomic E-state index is -0.170. The number of benzene rings is 1. The molecule has 1 saturated heterocycles. The first kappa shape index (κ1) is 10.3. The summed E-state index contributed by atoms with van der Waals surface area (Å²) in [7, 11) is 0. The summed E-state index contributed by atoms with van der Waals surface area (Å²) in [6.07, 6.45) is 2.88. The number of ether oxygens (including phenoxy) is 1. The molecular formula is C12H13N3O2. The monoisotopic (exact) mass is 231 g/mol. The summed E-state index contributed by atoms with van der Waals surface area (Å²) in [6, 6.07) is 5.46. The van der Waals surface area contributed by atoms with Crippen LogP contribution in [0.25, 0.3) is 10.8 Å². The summed E-state index contributed by atoms with van der Waals surface area (Å²) in [6.45, 7) is 1.88. The Morgan fingerprint density at radius 1 is 1.41 bits per heavy atom. The second-order valence-corrected chi connectivity index (χ2v) is 4.18. The van der Waals surface area contributed by atoms with Gasteiger partial charge in [-0.05, 0) is 31.2 Å². The van der Waals surface area contributed by atoms with Gasteiger partial charge in [0.05, 0.1) is 11.6 Å². The van der Waals surface area contributed by atoms with Gasteiger partial charge >= 0.3 is 0 Å². The van der Waals surface area contributed by atoms with Gasteiger partial charge in [-0.2, -0.15) is 5.10 Å². The van der Waals surface area contributed by atoms with Crippen molar-refractivity contribution in [2.75, 3.05) is 13.1 Å². The number of nitrogens with one attached hydrogen (secondary N) is 2. The maximum absolute atomic E-state index is 11.5. The van der Waals surface area contributed by atoms with Crippen molar-refractivity contribution in [1.82, 2.24) is 15.5 Å². The topological polar surface area (TPSA) is 67.0 Å². The molecule has 2 N–H and O–H groups in total. The van der Waals surface area contributed by atoms with E-state index in [2.05, 4.69) is 15.5 Å². The van der Waals surface area contributed by atoms with E-state index < -0.39 is 0 Å². The van der Waals surface area contributed by atoms with Crippen molar-refractivity contribution in [2.45, 2.75) is 12.5 Å². The Labute approximate surface area is 97.8 Å². The first-order valence-corrected chi connectivity index (χ1v) is 5.68. The number of hydrogen-bond donors (Lipinski definition) is 2. The van der Waals surface area contributed by atoms with Gasteiger partial charge in [0.15, 0.2) is 0 Å². The lowest BCUT2D eigenvalue weighted by atomic mass is 10.2. The number of aromatic amines is 1. The summed E-state index contributed by atoms with van der Waals surface area (Å²) < 4.78 is 5.82. The molecule has 1 aliphatic rings. The van der Waals surface area contributed by atoms with Gasteiger partial charge in [0.25, 0.3) is 5.56 Å². The van der Waals surface area contributed by atoms with E-state index in [0.717, 1.165) is 30.6 Å². The number of H-pyrrole nitrogens is 1. The number of nitrogens with zero attached hydrogens (tertiary/aromatic N) is 1. The quantitative estimate of drug-likeness (QED) is 0.797. The van der Waals surface area contributed by atoms with Crippen molar-refractivity contribution >= 4 is 10.8 Å². The Morgan fingerprint density at radius 2 is 2.35 bits per heavy atom. The van der Waals surface area contributed by atoms with Crippen LogP contribution in [0.1, 0.15) is 6.42 Å². The first-order chi connectivity index (χ1) is 8.33. The third-order valence-corrected chi connectivity index (χ3v) is 2.96. The summed E-state index contributed by atoms with van der Waals surface area (Å²) in [5.41, 5.74) is -0.170. The SMILES string of the molecule is O=c1[nH]ncc2cc(O[C@H]3CCNC3)ccc12. The van der Waals surface area contributed by atoms with Gasteiger partial charge in [-0.1, -0.05) is 0 Å². The van der Waals surface area contributed by atoms with E-state index in [1.807, 2.05) is 12.1 Å². The molecule has 1 aromatic heterocycles. The number of fused-ring (bicyclic) bond motifs is 1. The van der Waals surface area contributed by atoms with Crippen molar-refractivity contribution in [3.63, 3.8) is 0 Å². The van der Waals surface area contributed by atoms with E-state index in [0.29, 0.717) is 5.39 Å². The summed E-state index contributed by atoms with van der Waals surface area (Å²) in [4.78, 5) is 11.5. The van der Waals surface area contributed by atoms with E-state index in [1.165, 1.54) is 0 Å². The number of aromatic nitrogens is 2. The first-order valence-electron chi connectivity index (χ1n) is 5.68. The van der Waals surface area contributed by atoms with E-state index >= 15 is 0 Å². The molecular weight excluding hydrogens is 218 g/mol. The Bertz CT molecular complexity index is 588. The van der Waals surface area contributed by atoms with Gasteiger partial charge in [-0.3, -0.25) is 4.79 Å². The van der Waals surface area contributed by atoms with Crippen molar-refractivity contribution in [2.24, 2.45) is 0 Å². The van der Waals surface area contributed by atoms with Crippen molar-refractivity contribution in [3.05, 3.63) is 34.7 Å². The zero-order chi connectivity index (χ0) is 11.7. The summed E-state index contributed by atoms with van der Waals surface area (Å²) in [5.74, 6) is 0.790. The van der Waals surface area contributed by atoms with Gasteiger partial charge in [-0.15, -0.1) is 0 Å². The predicted molar refractivity (Wildman–Crippen MR) is 64.3 cm³/mol. The van der Waals surface area contributed by atoms with Crippen LogP contribution in [-0.4, -0.2) is 29.4 Å². The molecule has 0 unspecified atom stereocenters. The highest BCUT2D eigenvalue weighted by molar-refractivity contribution is 5.81. The Hall–Kier alpha value is -1.88. The average molecular weight is 231 g/mol. The average Bonchev–Trinajstić information content (AvgIpc) is 2.82. The molecule has 0 radical (unpaired) electrons. The molecule has 0 spiro atoms. The van der Waals surface area contributed by atoms with E-state index in [9.17, 15) is 4.79 Å². The van der Waals surface area contributed by atoms with E-state index in [1.54, 1.807) is 12.3 Å². The zero-order valence-corrected chi connectivity index (χ0v) is 9.27. The largest absolute Gasteiger partial charge is 0.489 e. The fraction of sp³-hybridized carbons (Fsp3) is 0.333. The van der Waals surface area contributed by atoms with Crippen molar-refractivity contribution in [3.8, 4) is 5.75 Å². The standard InChI is InChI=1S/C12H13N3O2/c16-12-11-2-1-9(5-8(11)6-14-15-12)17-10-3-4-13-7-10/h1-2,5-6,10,13H,3-4,7H2,(H,15,16)/t10-/m0/s1. The molecule has 2 aromatic rings. The molecule has 0 aliphatic carbocycles. The maximum Gasteiger partial charge on any atom is 0.272 e. The molecule has 17 heavy (non-hydrogen) atoms. The molecule has 1 fully saturated rings. The van der Waals surface area contributed by atoms with Gasteiger partial charge in [0.1, 0.15) is 11.9 Å². The van der Waals surface area contributed by atoms with Crippen LogP contribution in [0, 0.1) is 0 Å². The van der Waals surface area contributed by atoms with Crippen LogP contribution in [0.5, 0.6) is 5.75 Å². The van der Waals surface area contributed by atoms with Gasteiger partial charge in [0, 0.05) is 11.9 Å². The minimum Gasteiger partial charge on any atom is -0.489 e. The van der Waals surface area contributed by atoms with E-state index in [-0.39, 0.29) is 11.7 Å². The van der Waals surface area contributed by atoms with Gasteiger partial charge in [-0.25, -0.2) is 5.10 Å². The lowest BCUT2D eigenvalue weighted by Crippen LogP contribution is -2.19. The third kappa shape index (κ3) is 2.01. The normalized spacial score (nSPS) is 19.6. The molecule has 2 heterocycles. The van der Waals surface area contributed by atoms with Crippen LogP contribution in [0.15, 0.2) is 29.2 Å². The maximum atomic E-state index is 11.5. The van der Waals surface area contributed by atoms with Crippen molar-refractivity contribution < 1.29 is 4.74 Å². The fourth-order valence-electron chi connectivity index (χ4n) is 2.07. The number of hydrogen-bond acceptors (Lipinski definition) is 4. The smallest absolute Gasteiger partial charge is 0.272 e. The second kappa shape index (κ2) is 4.18. The molecule has 0 amide bonds. The molecule has 5 nitrogen and oxygen atoms in total. The second-order valence-electron chi connectivity index (χ2n) is 4.18. The van der Waals surface area contributed by atoms with Crippen LogP contribution in [0.3, 0.4) is 0 Å². The highest BCUT2D eigenvalue weighted by Gasteiger charge is 2.15. The van der Waals surface area contributed by atoms with E-state index in [4.69, 9.17) is 4.74 Å². The Balaban J connectivity index is 1.93. The molecule has 5 heteroatoms. The lowest BCUT2D eigenvalue weighted by Gasteiger charge is -2.12. The molecule has 3 rings (SSSR count). The van der Waals surface area contributed by atoms with Crippen LogP contribution in [0.2, 0.25) is 0 Å². The zero-order valence-electron chi connectivity index (χ0n) is 9.27. The molecule has 1 atom stereocenters. The Kier molecular flexibility index (Phi) is 2.53. The fourth-order valence-corrected chi connectivity index (χ4v) is 2.07. The summed E-state index contributed by atoms with van der Waals surface area (Å²) >= 11 is 0. The predicted octanol–water partition coefficient (Wildman–Crippen LogP) is 0.664. The van der Waals surface area contributed by atoms with Crippen LogP contribution >= 0.6 is 0 Å². The number of rotatable bonds is 2. The molecule has 1 aromatic carbocycles. The molecule has 88 valence electrons. The summed E-state index contributed by atoms with van der Waals surface area (Å²) in [5, 5.41) is 10.9. The van der Waals surface area contributed by atoms with Gasteiger partial charge in [0.2, 0.25) is 0 Å². The molecule has 1 aliphatic heterocycles. The highest BCUT2D eigenvalue weighted by atomic mass is 16.5. The van der Waals surface area contributed by atoms with Crippen LogP contribution < -0.4 is 15.6 Å². The minimum absolute atomic E-state index is 0.170. The lowest BCUT2D eigenvalue weighted by molar-refractivity contribution is 0.223. The highest BCUT2D eigenvalue weighted by Crippen LogP contribution is 2.19.